The van der Waals surface area contributed by atoms with Crippen molar-refractivity contribution in [2.75, 3.05) is 0 Å². The van der Waals surface area contributed by atoms with E-state index in [4.69, 9.17) is 5.11 Å². The van der Waals surface area contributed by atoms with Gasteiger partial charge in [0.2, 0.25) is 0 Å². The first-order chi connectivity index (χ1) is 8.70. The number of aliphatic carboxylic acids is 1. The minimum Gasteiger partial charge on any atom is -0.478 e. The molecular formula is C15H14O2S. The summed E-state index contributed by atoms with van der Waals surface area (Å²) in [7, 11) is 0. The number of hydrogen-bond acceptors (Lipinski definition) is 2. The zero-order valence-electron chi connectivity index (χ0n) is 10.1. The van der Waals surface area contributed by atoms with Crippen molar-refractivity contribution in [3.63, 3.8) is 0 Å². The highest BCUT2D eigenvalue weighted by Gasteiger charge is 2.05. The molecule has 2 nitrogen and oxygen atoms in total. The van der Waals surface area contributed by atoms with Crippen LogP contribution in [-0.2, 0) is 11.2 Å². The SMILES string of the molecule is CCc1ccccc1-c1ccc(/C=C/C(=O)O)s1. The number of aryl methyl sites for hydroxylation is 1. The molecule has 0 saturated heterocycles. The molecule has 0 saturated carbocycles. The molecule has 0 atom stereocenters. The molecule has 0 aliphatic rings. The molecule has 3 heteroatoms. The minimum absolute atomic E-state index is 0.918. The lowest BCUT2D eigenvalue weighted by Gasteiger charge is -2.04. The van der Waals surface area contributed by atoms with E-state index in [1.54, 1.807) is 17.4 Å². The molecule has 0 unspecified atom stereocenters. The van der Waals surface area contributed by atoms with Crippen LogP contribution in [0.5, 0.6) is 0 Å². The maximum Gasteiger partial charge on any atom is 0.328 e. The van der Waals surface area contributed by atoms with Gasteiger partial charge in [0.05, 0.1) is 0 Å². The van der Waals surface area contributed by atoms with Crippen molar-refractivity contribution in [1.82, 2.24) is 0 Å². The first kappa shape index (κ1) is 12.6. The standard InChI is InChI=1S/C15H14O2S/c1-2-11-5-3-4-6-13(11)14-9-7-12(18-14)8-10-15(16)17/h3-10H,2H2,1H3,(H,16,17)/b10-8+. The first-order valence-electron chi connectivity index (χ1n) is 5.80. The zero-order valence-corrected chi connectivity index (χ0v) is 10.9. The molecule has 1 aromatic heterocycles. The summed E-state index contributed by atoms with van der Waals surface area (Å²) in [6.07, 6.45) is 3.79. The molecule has 0 aliphatic carbocycles. The maximum atomic E-state index is 10.5. The van der Waals surface area contributed by atoms with Gasteiger partial charge >= 0.3 is 5.97 Å². The van der Waals surface area contributed by atoms with Gasteiger partial charge in [-0.2, -0.15) is 0 Å². The van der Waals surface area contributed by atoms with Crippen molar-refractivity contribution in [2.24, 2.45) is 0 Å². The van der Waals surface area contributed by atoms with E-state index < -0.39 is 5.97 Å². The number of carboxylic acids is 1. The van der Waals surface area contributed by atoms with Crippen LogP contribution >= 0.6 is 11.3 Å². The summed E-state index contributed by atoms with van der Waals surface area (Å²) in [6, 6.07) is 12.3. The van der Waals surface area contributed by atoms with Crippen LogP contribution in [0.1, 0.15) is 17.4 Å². The van der Waals surface area contributed by atoms with Gasteiger partial charge < -0.3 is 5.11 Å². The number of carbonyl (C=O) groups is 1. The Kier molecular flexibility index (Phi) is 3.95. The van der Waals surface area contributed by atoms with Crippen molar-refractivity contribution >= 4 is 23.4 Å². The van der Waals surface area contributed by atoms with Gasteiger partial charge in [0.1, 0.15) is 0 Å². The van der Waals surface area contributed by atoms with Crippen LogP contribution in [0.25, 0.3) is 16.5 Å². The molecule has 0 fully saturated rings. The zero-order chi connectivity index (χ0) is 13.0. The van der Waals surface area contributed by atoms with Crippen LogP contribution < -0.4 is 0 Å². The van der Waals surface area contributed by atoms with Crippen LogP contribution in [-0.4, -0.2) is 11.1 Å². The van der Waals surface area contributed by atoms with Gasteiger partial charge in [-0.3, -0.25) is 0 Å². The molecule has 0 aliphatic heterocycles. The van der Waals surface area contributed by atoms with E-state index in [-0.39, 0.29) is 0 Å². The average Bonchev–Trinajstić information content (AvgIpc) is 2.85. The summed E-state index contributed by atoms with van der Waals surface area (Å²) in [4.78, 5) is 12.6. The Labute approximate surface area is 110 Å². The van der Waals surface area contributed by atoms with Gasteiger partial charge in [0.25, 0.3) is 0 Å². The lowest BCUT2D eigenvalue weighted by molar-refractivity contribution is -0.131. The Hall–Kier alpha value is -1.87. The average molecular weight is 258 g/mol. The highest BCUT2D eigenvalue weighted by Crippen LogP contribution is 2.31. The third kappa shape index (κ3) is 2.87. The fourth-order valence-corrected chi connectivity index (χ4v) is 2.78. The van der Waals surface area contributed by atoms with E-state index >= 15 is 0 Å². The summed E-state index contributed by atoms with van der Waals surface area (Å²) < 4.78 is 0. The van der Waals surface area contributed by atoms with E-state index in [1.807, 2.05) is 24.3 Å². The number of benzene rings is 1. The van der Waals surface area contributed by atoms with E-state index in [0.717, 1.165) is 11.3 Å². The summed E-state index contributed by atoms with van der Waals surface area (Å²) in [5, 5.41) is 8.60. The fourth-order valence-electron chi connectivity index (χ4n) is 1.81. The second-order valence-corrected chi connectivity index (χ2v) is 5.00. The molecule has 18 heavy (non-hydrogen) atoms. The van der Waals surface area contributed by atoms with Crippen LogP contribution in [0, 0.1) is 0 Å². The summed E-state index contributed by atoms with van der Waals surface area (Å²) in [5.41, 5.74) is 2.55. The van der Waals surface area contributed by atoms with E-state index in [2.05, 4.69) is 19.1 Å². The van der Waals surface area contributed by atoms with Crippen LogP contribution in [0.15, 0.2) is 42.5 Å². The second-order valence-electron chi connectivity index (χ2n) is 3.88. The van der Waals surface area contributed by atoms with Crippen LogP contribution in [0.2, 0.25) is 0 Å². The molecule has 2 aromatic rings. The van der Waals surface area contributed by atoms with Gasteiger partial charge in [-0.15, -0.1) is 11.3 Å². The molecule has 0 bridgehead atoms. The van der Waals surface area contributed by atoms with Crippen LogP contribution in [0.3, 0.4) is 0 Å². The second kappa shape index (κ2) is 5.65. The topological polar surface area (TPSA) is 37.3 Å². The predicted octanol–water partition coefficient (Wildman–Crippen LogP) is 4.08. The number of carboxylic acid groups (broad SMARTS) is 1. The molecule has 1 aromatic carbocycles. The first-order valence-corrected chi connectivity index (χ1v) is 6.61. The fraction of sp³-hybridized carbons (Fsp3) is 0.133. The monoisotopic (exact) mass is 258 g/mol. The Morgan fingerprint density at radius 3 is 2.78 bits per heavy atom. The van der Waals surface area contributed by atoms with Gasteiger partial charge in [0.15, 0.2) is 0 Å². The molecule has 2 rings (SSSR count). The van der Waals surface area contributed by atoms with E-state index in [9.17, 15) is 4.79 Å². The van der Waals surface area contributed by atoms with Crippen molar-refractivity contribution in [2.45, 2.75) is 13.3 Å². The molecule has 1 heterocycles. The minimum atomic E-state index is -0.918. The quantitative estimate of drug-likeness (QED) is 0.839. The van der Waals surface area contributed by atoms with Gasteiger partial charge in [-0.1, -0.05) is 31.2 Å². The van der Waals surface area contributed by atoms with Gasteiger partial charge in [0, 0.05) is 15.8 Å². The highest BCUT2D eigenvalue weighted by atomic mass is 32.1. The molecule has 0 spiro atoms. The summed E-state index contributed by atoms with van der Waals surface area (Å²) in [6.45, 7) is 2.14. The lowest BCUT2D eigenvalue weighted by atomic mass is 10.0. The summed E-state index contributed by atoms with van der Waals surface area (Å²) in [5.74, 6) is -0.918. The third-order valence-electron chi connectivity index (χ3n) is 2.68. The number of thiophene rings is 1. The third-order valence-corrected chi connectivity index (χ3v) is 3.76. The highest BCUT2D eigenvalue weighted by molar-refractivity contribution is 7.16. The Balaban J connectivity index is 2.32. The number of rotatable bonds is 4. The Morgan fingerprint density at radius 1 is 1.28 bits per heavy atom. The maximum absolute atomic E-state index is 10.5. The molecular weight excluding hydrogens is 244 g/mol. The van der Waals surface area contributed by atoms with Gasteiger partial charge in [-0.25, -0.2) is 4.79 Å². The Bertz CT molecular complexity index is 582. The molecule has 0 radical (unpaired) electrons. The Morgan fingerprint density at radius 2 is 2.06 bits per heavy atom. The van der Waals surface area contributed by atoms with Gasteiger partial charge in [-0.05, 0) is 35.8 Å². The van der Waals surface area contributed by atoms with Crippen molar-refractivity contribution in [3.8, 4) is 10.4 Å². The number of hydrogen-bond donors (Lipinski definition) is 1. The van der Waals surface area contributed by atoms with Crippen LogP contribution in [0.4, 0.5) is 0 Å². The normalized spacial score (nSPS) is 10.9. The smallest absolute Gasteiger partial charge is 0.328 e. The van der Waals surface area contributed by atoms with E-state index in [1.165, 1.54) is 22.1 Å². The molecule has 92 valence electrons. The van der Waals surface area contributed by atoms with Crippen molar-refractivity contribution in [3.05, 3.63) is 52.9 Å². The predicted molar refractivity (Wildman–Crippen MR) is 75.8 cm³/mol. The van der Waals surface area contributed by atoms with E-state index in [0.29, 0.717) is 0 Å². The summed E-state index contributed by atoms with van der Waals surface area (Å²) >= 11 is 1.61. The molecule has 0 amide bonds. The van der Waals surface area contributed by atoms with Crippen molar-refractivity contribution in [1.29, 1.82) is 0 Å². The van der Waals surface area contributed by atoms with Crippen molar-refractivity contribution < 1.29 is 9.90 Å². The lowest BCUT2D eigenvalue weighted by Crippen LogP contribution is -1.84. The largest absolute Gasteiger partial charge is 0.478 e. The molecule has 1 N–H and O–H groups in total.